The molecule has 1 saturated heterocycles. The van der Waals surface area contributed by atoms with Gasteiger partial charge in [-0.3, -0.25) is 14.5 Å². The number of amides is 2. The van der Waals surface area contributed by atoms with Gasteiger partial charge in [-0.15, -0.1) is 23.1 Å². The maximum atomic E-state index is 13.1. The lowest BCUT2D eigenvalue weighted by atomic mass is 10.0. The Morgan fingerprint density at radius 3 is 2.87 bits per heavy atom. The zero-order chi connectivity index (χ0) is 27.0. The molecular formula is C24H25N7O5S2. The number of carbonyl (C=O) groups excluding carboxylic acids is 3. The summed E-state index contributed by atoms with van der Waals surface area (Å²) in [6.45, 7) is 4.27. The highest BCUT2D eigenvalue weighted by Crippen LogP contribution is 2.40. The molecule has 12 nitrogen and oxygen atoms in total. The van der Waals surface area contributed by atoms with Crippen molar-refractivity contribution >= 4 is 57.2 Å². The highest BCUT2D eigenvalue weighted by Gasteiger charge is 2.53. The van der Waals surface area contributed by atoms with E-state index in [0.29, 0.717) is 11.3 Å². The number of rotatable bonds is 9. The third-order valence-electron chi connectivity index (χ3n) is 6.23. The summed E-state index contributed by atoms with van der Waals surface area (Å²) in [5, 5.41) is 19.9. The van der Waals surface area contributed by atoms with Crippen molar-refractivity contribution in [2.45, 2.75) is 38.2 Å². The Kier molecular flexibility index (Phi) is 7.08. The topological polar surface area (TPSA) is 158 Å². The van der Waals surface area contributed by atoms with Gasteiger partial charge in [-0.1, -0.05) is 12.1 Å². The van der Waals surface area contributed by atoms with E-state index >= 15 is 0 Å². The molecule has 3 aromatic heterocycles. The Morgan fingerprint density at radius 2 is 2.18 bits per heavy atom. The van der Waals surface area contributed by atoms with Gasteiger partial charge in [-0.2, -0.15) is 4.57 Å². The number of thioether (sulfide) groups is 1. The van der Waals surface area contributed by atoms with Crippen LogP contribution < -0.4 is 20.7 Å². The summed E-state index contributed by atoms with van der Waals surface area (Å²) in [5.41, 5.74) is 8.25. The second-order valence-corrected chi connectivity index (χ2v) is 10.6. The first kappa shape index (κ1) is 25.7. The predicted molar refractivity (Wildman–Crippen MR) is 139 cm³/mol. The van der Waals surface area contributed by atoms with Gasteiger partial charge in [0.2, 0.25) is 0 Å². The number of nitrogens with one attached hydrogen (secondary N) is 1. The van der Waals surface area contributed by atoms with Crippen LogP contribution >= 0.6 is 23.1 Å². The highest BCUT2D eigenvalue weighted by atomic mass is 32.2. The molecule has 2 atom stereocenters. The molecule has 1 fully saturated rings. The summed E-state index contributed by atoms with van der Waals surface area (Å²) < 4.78 is 4.00. The number of aryl methyl sites for hydroxylation is 1. The minimum absolute atomic E-state index is 0.118. The highest BCUT2D eigenvalue weighted by molar-refractivity contribution is 8.00. The lowest BCUT2D eigenvalue weighted by molar-refractivity contribution is -0.688. The lowest BCUT2D eigenvalue weighted by Crippen LogP contribution is -2.71. The van der Waals surface area contributed by atoms with Crippen molar-refractivity contribution in [1.29, 1.82) is 0 Å². The van der Waals surface area contributed by atoms with Gasteiger partial charge < -0.3 is 30.2 Å². The molecule has 198 valence electrons. The first-order valence-corrected chi connectivity index (χ1v) is 13.8. The number of carboxylic acids is 1. The number of hydrogen-bond acceptors (Lipinski definition) is 10. The molecule has 2 aliphatic heterocycles. The van der Waals surface area contributed by atoms with Crippen LogP contribution in [-0.2, 0) is 32.2 Å². The van der Waals surface area contributed by atoms with Crippen molar-refractivity contribution in [3.05, 3.63) is 58.8 Å². The average Bonchev–Trinajstić information content (AvgIpc) is 3.55. The third-order valence-corrected chi connectivity index (χ3v) is 8.24. The van der Waals surface area contributed by atoms with E-state index < -0.39 is 29.2 Å². The van der Waals surface area contributed by atoms with Crippen LogP contribution in [0.2, 0.25) is 0 Å². The molecule has 5 rings (SSSR count). The van der Waals surface area contributed by atoms with Gasteiger partial charge in [0.05, 0.1) is 17.4 Å². The minimum Gasteiger partial charge on any atom is -0.543 e. The monoisotopic (exact) mass is 555 g/mol. The summed E-state index contributed by atoms with van der Waals surface area (Å²) in [6, 6.07) is 2.99. The van der Waals surface area contributed by atoms with E-state index in [4.69, 9.17) is 10.6 Å². The van der Waals surface area contributed by atoms with Crippen molar-refractivity contribution in [2.24, 2.45) is 5.16 Å². The lowest BCUT2D eigenvalue weighted by Gasteiger charge is -2.50. The van der Waals surface area contributed by atoms with Gasteiger partial charge in [0.1, 0.15) is 29.2 Å². The molecule has 0 saturated carbocycles. The molecular weight excluding hydrogens is 530 g/mol. The fourth-order valence-electron chi connectivity index (χ4n) is 4.53. The number of hydrogen-bond donors (Lipinski definition) is 2. The van der Waals surface area contributed by atoms with Crippen molar-refractivity contribution in [3.8, 4) is 0 Å². The van der Waals surface area contributed by atoms with Crippen molar-refractivity contribution < 1.29 is 28.9 Å². The van der Waals surface area contributed by atoms with Gasteiger partial charge in [-0.25, -0.2) is 4.98 Å². The van der Waals surface area contributed by atoms with E-state index in [9.17, 15) is 19.5 Å². The number of nitrogens with two attached hydrogens (primary N) is 1. The third kappa shape index (κ3) is 4.60. The van der Waals surface area contributed by atoms with Gasteiger partial charge in [0.25, 0.3) is 11.8 Å². The second-order valence-electron chi connectivity index (χ2n) is 8.61. The molecule has 0 unspecified atom stereocenters. The van der Waals surface area contributed by atoms with Crippen molar-refractivity contribution in [3.63, 3.8) is 0 Å². The van der Waals surface area contributed by atoms with E-state index in [-0.39, 0.29) is 35.4 Å². The number of anilines is 1. The molecule has 5 heterocycles. The second kappa shape index (κ2) is 10.5. The van der Waals surface area contributed by atoms with Gasteiger partial charge in [-0.05, 0) is 25.5 Å². The zero-order valence-corrected chi connectivity index (χ0v) is 22.3. The van der Waals surface area contributed by atoms with E-state index in [1.807, 2.05) is 42.2 Å². The smallest absolute Gasteiger partial charge is 0.276 e. The number of carboxylic acid groups (broad SMARTS) is 1. The van der Waals surface area contributed by atoms with Gasteiger partial charge in [0.15, 0.2) is 29.8 Å². The fraction of sp³-hybridized carbons (Fsp3) is 0.333. The summed E-state index contributed by atoms with van der Waals surface area (Å²) in [4.78, 5) is 48.7. The van der Waals surface area contributed by atoms with Crippen LogP contribution in [0.25, 0.3) is 5.52 Å². The van der Waals surface area contributed by atoms with Crippen LogP contribution in [0.1, 0.15) is 25.2 Å². The SMILES string of the molecule is CCO/N=C(\C(=O)N[C@@H]1C(=O)N2C(C(=O)[O-])=C(C[n+]3cc(CC)n4cccc4c3)CS[C@@H]12)c1csc(N)n1. The van der Waals surface area contributed by atoms with Crippen LogP contribution in [0, 0.1) is 0 Å². The summed E-state index contributed by atoms with van der Waals surface area (Å²) >= 11 is 2.52. The maximum Gasteiger partial charge on any atom is 0.276 e. The molecule has 14 heteroatoms. The molecule has 0 bridgehead atoms. The number of oxime groups is 1. The number of aromatic nitrogens is 3. The van der Waals surface area contributed by atoms with Crippen LogP contribution in [-0.4, -0.2) is 61.6 Å². The summed E-state index contributed by atoms with van der Waals surface area (Å²) in [5.74, 6) is -2.29. The number of nitrogen functional groups attached to an aromatic ring is 1. The fourth-order valence-corrected chi connectivity index (χ4v) is 6.41. The molecule has 0 aliphatic carbocycles. The number of aliphatic carboxylic acids is 1. The van der Waals surface area contributed by atoms with E-state index in [1.54, 1.807) is 12.3 Å². The van der Waals surface area contributed by atoms with Crippen molar-refractivity contribution in [1.82, 2.24) is 19.6 Å². The van der Waals surface area contributed by atoms with Gasteiger partial charge in [0, 0.05) is 22.9 Å². The number of carbonyl (C=O) groups is 3. The quantitative estimate of drug-likeness (QED) is 0.157. The molecule has 3 N–H and O–H groups in total. The Bertz CT molecular complexity index is 1490. The maximum absolute atomic E-state index is 13.1. The molecule has 0 spiro atoms. The average molecular weight is 556 g/mol. The molecule has 38 heavy (non-hydrogen) atoms. The first-order valence-electron chi connectivity index (χ1n) is 11.9. The Balaban J connectivity index is 1.37. The molecule has 3 aromatic rings. The number of β-lactam (4-membered cyclic amide) rings is 1. The zero-order valence-electron chi connectivity index (χ0n) is 20.6. The van der Waals surface area contributed by atoms with Crippen LogP contribution in [0.4, 0.5) is 5.13 Å². The molecule has 0 aromatic carbocycles. The Labute approximate surface area is 225 Å². The number of fused-ring (bicyclic) bond motifs is 2. The van der Waals surface area contributed by atoms with Gasteiger partial charge >= 0.3 is 0 Å². The summed E-state index contributed by atoms with van der Waals surface area (Å²) in [7, 11) is 0. The molecule has 0 radical (unpaired) electrons. The van der Waals surface area contributed by atoms with Crippen LogP contribution in [0.3, 0.4) is 0 Å². The standard InChI is InChI=1S/C24H25N7O5S2/c1-3-14-9-29(10-15-6-5-7-30(14)15)8-13-11-37-22-18(21(33)31(22)19(13)23(34)35)27-20(32)17(28-36-4-2)16-12-38-24(25)26-16/h5-7,9-10,12,18,22H,3-4,8,11H2,1-2H3,(H3-,25,26,27,32,34,35)/b28-17-/t18-,22+/m1/s1. The molecule has 2 amide bonds. The Morgan fingerprint density at radius 1 is 1.37 bits per heavy atom. The normalized spacial score (nSPS) is 19.4. The molecule has 2 aliphatic rings. The Hall–Kier alpha value is -3.91. The first-order chi connectivity index (χ1) is 18.3. The van der Waals surface area contributed by atoms with E-state index in [2.05, 4.69) is 19.9 Å². The van der Waals surface area contributed by atoms with Crippen LogP contribution in [0.15, 0.2) is 52.5 Å². The largest absolute Gasteiger partial charge is 0.543 e. The number of thiazole rings is 1. The minimum atomic E-state index is -1.43. The number of nitrogens with zero attached hydrogens (tertiary/aromatic N) is 5. The van der Waals surface area contributed by atoms with E-state index in [0.717, 1.165) is 29.0 Å². The van der Waals surface area contributed by atoms with Crippen LogP contribution in [0.5, 0.6) is 0 Å². The predicted octanol–water partition coefficient (Wildman–Crippen LogP) is -0.327. The van der Waals surface area contributed by atoms with Crippen molar-refractivity contribution in [2.75, 3.05) is 18.1 Å². The summed E-state index contributed by atoms with van der Waals surface area (Å²) in [6.07, 6.45) is 6.67. The van der Waals surface area contributed by atoms with E-state index in [1.165, 1.54) is 16.7 Å².